The van der Waals surface area contributed by atoms with E-state index in [0.29, 0.717) is 36.0 Å². The number of ether oxygens (including phenoxy) is 2. The molecule has 1 aliphatic heterocycles. The van der Waals surface area contributed by atoms with Gasteiger partial charge in [-0.1, -0.05) is 6.92 Å². The Labute approximate surface area is 107 Å². The van der Waals surface area contributed by atoms with E-state index >= 15 is 0 Å². The quantitative estimate of drug-likeness (QED) is 0.896. The summed E-state index contributed by atoms with van der Waals surface area (Å²) in [6.07, 6.45) is 0.316. The van der Waals surface area contributed by atoms with Crippen molar-refractivity contribution in [2.45, 2.75) is 23.5 Å². The Morgan fingerprint density at radius 2 is 2.06 bits per heavy atom. The summed E-state index contributed by atoms with van der Waals surface area (Å²) in [5.41, 5.74) is 0. The lowest BCUT2D eigenvalue weighted by Crippen LogP contribution is -2.25. The van der Waals surface area contributed by atoms with Gasteiger partial charge in [0.2, 0.25) is 0 Å². The van der Waals surface area contributed by atoms with Gasteiger partial charge in [0.05, 0.1) is 10.8 Å². The van der Waals surface area contributed by atoms with Crippen molar-refractivity contribution in [3.63, 3.8) is 0 Å². The number of carboxylic acid groups (broad SMARTS) is 1. The van der Waals surface area contributed by atoms with E-state index in [0.717, 1.165) is 0 Å². The summed E-state index contributed by atoms with van der Waals surface area (Å²) in [6.45, 7) is 2.63. The zero-order valence-corrected chi connectivity index (χ0v) is 10.7. The summed E-state index contributed by atoms with van der Waals surface area (Å²) in [4.78, 5) is 11.4. The molecule has 0 aromatic heterocycles. The fourth-order valence-electron chi connectivity index (χ4n) is 1.73. The number of fused-ring (bicyclic) bond motifs is 1. The van der Waals surface area contributed by atoms with E-state index in [2.05, 4.69) is 0 Å². The predicted molar refractivity (Wildman–Crippen MR) is 65.6 cm³/mol. The van der Waals surface area contributed by atoms with E-state index in [9.17, 15) is 9.00 Å². The minimum Gasteiger partial charge on any atom is -0.486 e. The highest BCUT2D eigenvalue weighted by atomic mass is 32.2. The van der Waals surface area contributed by atoms with Crippen LogP contribution in [0, 0.1) is 0 Å². The van der Waals surface area contributed by atoms with Crippen LogP contribution in [0.15, 0.2) is 23.1 Å². The molecule has 0 fully saturated rings. The molecule has 0 radical (unpaired) electrons. The number of carbonyl (C=O) groups is 1. The Morgan fingerprint density at radius 1 is 1.39 bits per heavy atom. The van der Waals surface area contributed by atoms with Gasteiger partial charge in [0.25, 0.3) is 0 Å². The van der Waals surface area contributed by atoms with E-state index in [4.69, 9.17) is 14.6 Å². The predicted octanol–water partition coefficient (Wildman–Crippen LogP) is 1.43. The van der Waals surface area contributed by atoms with Crippen molar-refractivity contribution in [3.8, 4) is 11.5 Å². The topological polar surface area (TPSA) is 72.8 Å². The minimum atomic E-state index is -1.58. The number of hydrogen-bond donors (Lipinski definition) is 1. The van der Waals surface area contributed by atoms with Crippen molar-refractivity contribution in [2.75, 3.05) is 13.2 Å². The van der Waals surface area contributed by atoms with Crippen LogP contribution in [0.2, 0.25) is 0 Å². The molecule has 2 atom stereocenters. The maximum Gasteiger partial charge on any atom is 0.319 e. The van der Waals surface area contributed by atoms with E-state index < -0.39 is 22.0 Å². The molecule has 1 aromatic carbocycles. The van der Waals surface area contributed by atoms with E-state index in [1.807, 2.05) is 0 Å². The van der Waals surface area contributed by atoms with Gasteiger partial charge in [-0.25, -0.2) is 0 Å². The van der Waals surface area contributed by atoms with Crippen LogP contribution in [-0.2, 0) is 15.6 Å². The molecule has 0 saturated carbocycles. The van der Waals surface area contributed by atoms with Crippen LogP contribution in [0.1, 0.15) is 13.3 Å². The molecule has 1 aromatic rings. The molecule has 0 aliphatic carbocycles. The van der Waals surface area contributed by atoms with Gasteiger partial charge < -0.3 is 14.6 Å². The lowest BCUT2D eigenvalue weighted by atomic mass is 10.3. The Bertz CT molecular complexity index is 485. The van der Waals surface area contributed by atoms with Crippen molar-refractivity contribution in [2.24, 2.45) is 0 Å². The fourth-order valence-corrected chi connectivity index (χ4v) is 2.97. The molecule has 1 aliphatic rings. The van der Waals surface area contributed by atoms with Gasteiger partial charge in [0, 0.05) is 11.0 Å². The maximum absolute atomic E-state index is 12.1. The average molecular weight is 270 g/mol. The van der Waals surface area contributed by atoms with Crippen LogP contribution in [0.25, 0.3) is 0 Å². The molecular formula is C12H14O5S. The van der Waals surface area contributed by atoms with Gasteiger partial charge in [0.1, 0.15) is 18.5 Å². The molecule has 0 spiro atoms. The van der Waals surface area contributed by atoms with Gasteiger partial charge in [-0.2, -0.15) is 0 Å². The molecule has 1 N–H and O–H groups in total. The lowest BCUT2D eigenvalue weighted by molar-refractivity contribution is -0.136. The Morgan fingerprint density at radius 3 is 2.67 bits per heavy atom. The first kappa shape index (κ1) is 12.9. The van der Waals surface area contributed by atoms with Crippen molar-refractivity contribution in [1.82, 2.24) is 0 Å². The number of aliphatic carboxylic acids is 1. The normalized spacial score (nSPS) is 16.9. The molecule has 6 heteroatoms. The monoisotopic (exact) mass is 270 g/mol. The maximum atomic E-state index is 12.1. The summed E-state index contributed by atoms with van der Waals surface area (Å²) in [7, 11) is -1.58. The second kappa shape index (κ2) is 5.39. The van der Waals surface area contributed by atoms with E-state index in [-0.39, 0.29) is 0 Å². The number of hydrogen-bond acceptors (Lipinski definition) is 4. The first-order valence-electron chi connectivity index (χ1n) is 5.66. The molecular weight excluding hydrogens is 256 g/mol. The van der Waals surface area contributed by atoms with Crippen LogP contribution in [0.3, 0.4) is 0 Å². The fraction of sp³-hybridized carbons (Fsp3) is 0.417. The van der Waals surface area contributed by atoms with Crippen LogP contribution in [0.5, 0.6) is 11.5 Å². The lowest BCUT2D eigenvalue weighted by Gasteiger charge is -2.19. The van der Waals surface area contributed by atoms with E-state index in [1.54, 1.807) is 25.1 Å². The number of rotatable bonds is 4. The van der Waals surface area contributed by atoms with Gasteiger partial charge in [-0.3, -0.25) is 9.00 Å². The highest BCUT2D eigenvalue weighted by Gasteiger charge is 2.25. The van der Waals surface area contributed by atoms with E-state index in [1.165, 1.54) is 0 Å². The third-order valence-corrected chi connectivity index (χ3v) is 4.42. The Kier molecular flexibility index (Phi) is 3.86. The molecule has 5 nitrogen and oxygen atoms in total. The Balaban J connectivity index is 2.28. The molecule has 0 bridgehead atoms. The van der Waals surface area contributed by atoms with Crippen molar-refractivity contribution < 1.29 is 23.6 Å². The highest BCUT2D eigenvalue weighted by Crippen LogP contribution is 2.32. The molecule has 0 amide bonds. The zero-order valence-electron chi connectivity index (χ0n) is 9.92. The number of carboxylic acids is 1. The highest BCUT2D eigenvalue weighted by molar-refractivity contribution is 7.86. The summed E-state index contributed by atoms with van der Waals surface area (Å²) in [6, 6.07) is 4.88. The van der Waals surface area contributed by atoms with Gasteiger partial charge in [-0.05, 0) is 18.6 Å². The van der Waals surface area contributed by atoms with Crippen LogP contribution < -0.4 is 9.47 Å². The average Bonchev–Trinajstić information content (AvgIpc) is 2.38. The molecule has 2 rings (SSSR count). The smallest absolute Gasteiger partial charge is 0.319 e. The third-order valence-electron chi connectivity index (χ3n) is 2.65. The standard InChI is InChI=1S/C12H14O5S/c1-2-11(12(13)14)18(15)8-3-4-9-10(7-8)17-6-5-16-9/h3-4,7,11H,2,5-6H2,1H3,(H,13,14). The molecule has 2 unspecified atom stereocenters. The van der Waals surface area contributed by atoms with Crippen LogP contribution >= 0.6 is 0 Å². The third kappa shape index (κ3) is 2.48. The molecule has 98 valence electrons. The number of benzene rings is 1. The second-order valence-corrected chi connectivity index (χ2v) is 5.47. The van der Waals surface area contributed by atoms with Crippen LogP contribution in [0.4, 0.5) is 0 Å². The SMILES string of the molecule is CCC(C(=O)O)S(=O)c1ccc2c(c1)OCCO2. The van der Waals surface area contributed by atoms with Gasteiger partial charge in [0.15, 0.2) is 11.5 Å². The summed E-state index contributed by atoms with van der Waals surface area (Å²) in [5.74, 6) is 0.0726. The Hall–Kier alpha value is -1.56. The minimum absolute atomic E-state index is 0.316. The molecule has 18 heavy (non-hydrogen) atoms. The largest absolute Gasteiger partial charge is 0.486 e. The van der Waals surface area contributed by atoms with Gasteiger partial charge >= 0.3 is 5.97 Å². The first-order valence-corrected chi connectivity index (χ1v) is 6.87. The summed E-state index contributed by atoms with van der Waals surface area (Å²) < 4.78 is 22.9. The summed E-state index contributed by atoms with van der Waals surface area (Å²) >= 11 is 0. The second-order valence-electron chi connectivity index (χ2n) is 3.84. The van der Waals surface area contributed by atoms with Crippen molar-refractivity contribution in [3.05, 3.63) is 18.2 Å². The van der Waals surface area contributed by atoms with Crippen molar-refractivity contribution in [1.29, 1.82) is 0 Å². The van der Waals surface area contributed by atoms with Gasteiger partial charge in [-0.15, -0.1) is 0 Å². The first-order chi connectivity index (χ1) is 8.63. The molecule has 1 heterocycles. The summed E-state index contributed by atoms with van der Waals surface area (Å²) in [5, 5.41) is 8.10. The molecule has 0 saturated heterocycles. The van der Waals surface area contributed by atoms with Crippen LogP contribution in [-0.4, -0.2) is 33.7 Å². The zero-order chi connectivity index (χ0) is 13.1. The van der Waals surface area contributed by atoms with Crippen molar-refractivity contribution >= 4 is 16.8 Å².